The van der Waals surface area contributed by atoms with E-state index in [1.165, 1.54) is 0 Å². The third kappa shape index (κ3) is 4.41. The maximum atomic E-state index is 14.2. The minimum Gasteiger partial charge on any atom is -0.487 e. The number of ether oxygens (including phenoxy) is 1. The lowest BCUT2D eigenvalue weighted by molar-refractivity contribution is 0.0313. The van der Waals surface area contributed by atoms with E-state index in [0.717, 1.165) is 34.3 Å². The molecule has 0 amide bonds. The Kier molecular flexibility index (Phi) is 5.69. The van der Waals surface area contributed by atoms with E-state index in [-0.39, 0.29) is 0 Å². The molecule has 0 spiro atoms. The van der Waals surface area contributed by atoms with Gasteiger partial charge in [0.25, 0.3) is 0 Å². The van der Waals surface area contributed by atoms with E-state index in [0.29, 0.717) is 24.7 Å². The van der Waals surface area contributed by atoms with E-state index < -0.39 is 12.3 Å². The molecule has 1 aromatic heterocycles. The van der Waals surface area contributed by atoms with Crippen LogP contribution in [0.5, 0.6) is 5.75 Å². The molecule has 2 heterocycles. The van der Waals surface area contributed by atoms with Crippen LogP contribution in [0.4, 0.5) is 16.0 Å². The van der Waals surface area contributed by atoms with Crippen molar-refractivity contribution < 1.29 is 9.13 Å². The molecule has 6 heteroatoms. The Morgan fingerprint density at radius 2 is 1.81 bits per heavy atom. The second-order valence-corrected chi connectivity index (χ2v) is 8.18. The molecule has 1 aliphatic heterocycles. The predicted octanol–water partition coefficient (Wildman–Crippen LogP) is 5.46. The van der Waals surface area contributed by atoms with Gasteiger partial charge in [-0.25, -0.2) is 14.4 Å². The first-order valence-corrected chi connectivity index (χ1v) is 10.8. The van der Waals surface area contributed by atoms with Crippen molar-refractivity contribution in [1.29, 1.82) is 0 Å². The fourth-order valence-electron chi connectivity index (χ4n) is 4.06. The molecule has 0 aliphatic carbocycles. The summed E-state index contributed by atoms with van der Waals surface area (Å²) in [7, 11) is 1.93. The van der Waals surface area contributed by atoms with Crippen molar-refractivity contribution >= 4 is 22.5 Å². The Morgan fingerprint density at radius 1 is 1.00 bits per heavy atom. The zero-order valence-corrected chi connectivity index (χ0v) is 17.9. The highest BCUT2D eigenvalue weighted by molar-refractivity contribution is 5.93. The number of benzene rings is 3. The highest BCUT2D eigenvalue weighted by Gasteiger charge is 2.29. The lowest BCUT2D eigenvalue weighted by Gasteiger charge is -2.32. The molecule has 1 aliphatic rings. The number of likely N-dealkylation sites (tertiary alicyclic amines) is 1. The number of piperidine rings is 1. The van der Waals surface area contributed by atoms with Crippen LogP contribution in [0.1, 0.15) is 6.42 Å². The topological polar surface area (TPSA) is 50.3 Å². The number of rotatable bonds is 5. The average molecular weight is 429 g/mol. The normalized spacial score (nSPS) is 19.1. The molecule has 1 fully saturated rings. The van der Waals surface area contributed by atoms with Gasteiger partial charge in [0.05, 0.1) is 5.52 Å². The number of anilines is 2. The zero-order valence-electron chi connectivity index (χ0n) is 17.9. The van der Waals surface area contributed by atoms with Gasteiger partial charge in [0, 0.05) is 35.9 Å². The number of alkyl halides is 1. The number of halogens is 1. The van der Waals surface area contributed by atoms with Crippen molar-refractivity contribution in [3.63, 3.8) is 0 Å². The molecule has 0 radical (unpaired) electrons. The van der Waals surface area contributed by atoms with Gasteiger partial charge in [0.15, 0.2) is 0 Å². The van der Waals surface area contributed by atoms with Gasteiger partial charge in [-0.3, -0.25) is 0 Å². The summed E-state index contributed by atoms with van der Waals surface area (Å²) < 4.78 is 20.1. The van der Waals surface area contributed by atoms with Crippen LogP contribution in [0.2, 0.25) is 0 Å². The summed E-state index contributed by atoms with van der Waals surface area (Å²) in [5, 5.41) is 4.25. The molecule has 2 atom stereocenters. The first-order valence-electron chi connectivity index (χ1n) is 10.8. The van der Waals surface area contributed by atoms with Crippen molar-refractivity contribution in [2.45, 2.75) is 18.7 Å². The summed E-state index contributed by atoms with van der Waals surface area (Å²) in [6, 6.07) is 23.8. The second kappa shape index (κ2) is 8.93. The number of nitrogens with one attached hydrogen (secondary N) is 1. The third-order valence-corrected chi connectivity index (χ3v) is 5.78. The van der Waals surface area contributed by atoms with Gasteiger partial charge in [-0.05, 0) is 43.3 Å². The molecule has 0 saturated carbocycles. The Bertz CT molecular complexity index is 1200. The first kappa shape index (κ1) is 20.4. The second-order valence-electron chi connectivity index (χ2n) is 8.18. The molecule has 5 nitrogen and oxygen atoms in total. The number of para-hydroxylation sites is 1. The lowest BCUT2D eigenvalue weighted by Crippen LogP contribution is -2.45. The van der Waals surface area contributed by atoms with E-state index in [9.17, 15) is 4.39 Å². The van der Waals surface area contributed by atoms with Gasteiger partial charge in [-0.15, -0.1) is 0 Å². The smallest absolute Gasteiger partial charge is 0.227 e. The molecule has 0 unspecified atom stereocenters. The monoisotopic (exact) mass is 428 g/mol. The summed E-state index contributed by atoms with van der Waals surface area (Å²) >= 11 is 0. The molecule has 32 heavy (non-hydrogen) atoms. The van der Waals surface area contributed by atoms with Crippen LogP contribution in [0, 0.1) is 0 Å². The molecule has 162 valence electrons. The lowest BCUT2D eigenvalue weighted by atomic mass is 10.0. The largest absolute Gasteiger partial charge is 0.487 e. The highest BCUT2D eigenvalue weighted by atomic mass is 19.1. The maximum Gasteiger partial charge on any atom is 0.227 e. The summed E-state index contributed by atoms with van der Waals surface area (Å²) in [5.74, 6) is 1.19. The first-order chi connectivity index (χ1) is 15.7. The van der Waals surface area contributed by atoms with Crippen molar-refractivity contribution in [2.75, 3.05) is 25.5 Å². The fraction of sp³-hybridized carbons (Fsp3) is 0.231. The van der Waals surface area contributed by atoms with E-state index in [4.69, 9.17) is 9.72 Å². The zero-order chi connectivity index (χ0) is 21.9. The predicted molar refractivity (Wildman–Crippen MR) is 126 cm³/mol. The molecule has 5 rings (SSSR count). The van der Waals surface area contributed by atoms with E-state index >= 15 is 0 Å². The van der Waals surface area contributed by atoms with Gasteiger partial charge in [0.2, 0.25) is 5.95 Å². The van der Waals surface area contributed by atoms with Gasteiger partial charge in [0.1, 0.15) is 18.0 Å². The third-order valence-electron chi connectivity index (χ3n) is 5.78. The Balaban J connectivity index is 1.33. The fourth-order valence-corrected chi connectivity index (χ4v) is 4.06. The van der Waals surface area contributed by atoms with Gasteiger partial charge < -0.3 is 15.0 Å². The van der Waals surface area contributed by atoms with Crippen LogP contribution in [0.3, 0.4) is 0 Å². The quantitative estimate of drug-likeness (QED) is 0.457. The average Bonchev–Trinajstić information content (AvgIpc) is 2.82. The summed E-state index contributed by atoms with van der Waals surface area (Å²) in [6.07, 6.45) is 1.14. The van der Waals surface area contributed by atoms with Crippen LogP contribution in [-0.4, -0.2) is 47.3 Å². The highest BCUT2D eigenvalue weighted by Crippen LogP contribution is 2.28. The van der Waals surface area contributed by atoms with Crippen molar-refractivity contribution in [2.24, 2.45) is 0 Å². The molecule has 1 N–H and O–H groups in total. The minimum atomic E-state index is -0.976. The molecular formula is C26H25FN4O. The van der Waals surface area contributed by atoms with E-state index in [2.05, 4.69) is 28.5 Å². The van der Waals surface area contributed by atoms with Gasteiger partial charge in [-0.1, -0.05) is 48.5 Å². The molecule has 0 bridgehead atoms. The Morgan fingerprint density at radius 3 is 2.59 bits per heavy atom. The Labute approximate surface area is 186 Å². The van der Waals surface area contributed by atoms with Crippen LogP contribution in [-0.2, 0) is 0 Å². The molecule has 1 saturated heterocycles. The Hall–Kier alpha value is -3.51. The van der Waals surface area contributed by atoms with Crippen LogP contribution in [0.25, 0.3) is 22.0 Å². The summed E-state index contributed by atoms with van der Waals surface area (Å²) in [5.41, 5.74) is 3.92. The van der Waals surface area contributed by atoms with Crippen molar-refractivity contribution in [3.8, 4) is 16.9 Å². The van der Waals surface area contributed by atoms with Crippen molar-refractivity contribution in [3.05, 3.63) is 79.0 Å². The molecule has 3 aromatic carbocycles. The summed E-state index contributed by atoms with van der Waals surface area (Å²) in [4.78, 5) is 11.2. The van der Waals surface area contributed by atoms with Crippen molar-refractivity contribution in [1.82, 2.24) is 14.9 Å². The molecule has 4 aromatic rings. The number of fused-ring (bicyclic) bond motifs is 1. The number of aromatic nitrogens is 2. The standard InChI is InChI=1S/C26H25FN4O/c1-31-15-14-24(23(27)17-31)32-21-12-10-20(11-13-21)29-26-28-16-19-8-5-9-22(25(19)30-26)18-6-3-2-4-7-18/h2-13,16,23-24H,14-15,17H2,1H3,(H,28,29,30)/t23-,24+/m0/s1. The van der Waals surface area contributed by atoms with E-state index in [1.807, 2.05) is 72.7 Å². The van der Waals surface area contributed by atoms with E-state index in [1.54, 1.807) is 0 Å². The van der Waals surface area contributed by atoms with Crippen LogP contribution in [0.15, 0.2) is 79.0 Å². The SMILES string of the molecule is CN1CC[C@@H](Oc2ccc(Nc3ncc4cccc(-c5ccccc5)c4n3)cc2)[C@@H](F)C1. The van der Waals surface area contributed by atoms with Gasteiger partial charge >= 0.3 is 0 Å². The minimum absolute atomic E-state index is 0.398. The maximum absolute atomic E-state index is 14.2. The number of nitrogens with zero attached hydrogens (tertiary/aromatic N) is 3. The summed E-state index contributed by atoms with van der Waals surface area (Å²) in [6.45, 7) is 1.25. The van der Waals surface area contributed by atoms with Gasteiger partial charge in [-0.2, -0.15) is 0 Å². The van der Waals surface area contributed by atoms with Crippen LogP contribution < -0.4 is 10.1 Å². The molecular weight excluding hydrogens is 403 g/mol. The van der Waals surface area contributed by atoms with Crippen LogP contribution >= 0.6 is 0 Å². The number of hydrogen-bond acceptors (Lipinski definition) is 5. The number of hydrogen-bond donors (Lipinski definition) is 1.